The van der Waals surface area contributed by atoms with E-state index in [1.165, 1.54) is 0 Å². The zero-order valence-corrected chi connectivity index (χ0v) is 12.9. The van der Waals surface area contributed by atoms with Gasteiger partial charge < -0.3 is 9.88 Å². The lowest BCUT2D eigenvalue weighted by Crippen LogP contribution is -2.33. The number of nitrogens with one attached hydrogen (secondary N) is 2. The molecular weight excluding hydrogens is 278 g/mol. The first kappa shape index (κ1) is 14.3. The van der Waals surface area contributed by atoms with Crippen LogP contribution in [0.2, 0.25) is 0 Å². The predicted octanol–water partition coefficient (Wildman–Crippen LogP) is 2.42. The van der Waals surface area contributed by atoms with Gasteiger partial charge in [-0.25, -0.2) is 4.98 Å². The summed E-state index contributed by atoms with van der Waals surface area (Å²) in [4.78, 5) is 17.0. The largest absolute Gasteiger partial charge is 0.340 e. The minimum absolute atomic E-state index is 0.164. The number of fused-ring (bicyclic) bond motifs is 1. The van der Waals surface area contributed by atoms with Crippen LogP contribution in [0.15, 0.2) is 36.7 Å². The van der Waals surface area contributed by atoms with Crippen molar-refractivity contribution in [2.24, 2.45) is 13.0 Å². The van der Waals surface area contributed by atoms with E-state index < -0.39 is 0 Å². The summed E-state index contributed by atoms with van der Waals surface area (Å²) >= 11 is 0. The third kappa shape index (κ3) is 2.47. The van der Waals surface area contributed by atoms with E-state index in [0.717, 1.165) is 16.7 Å². The summed E-state index contributed by atoms with van der Waals surface area (Å²) in [7, 11) is 1.92. The number of benzene rings is 1. The van der Waals surface area contributed by atoms with Gasteiger partial charge in [-0.2, -0.15) is 5.10 Å². The molecule has 22 heavy (non-hydrogen) atoms. The number of aryl methyl sites for hydroxylation is 1. The van der Waals surface area contributed by atoms with E-state index in [1.54, 1.807) is 6.20 Å². The van der Waals surface area contributed by atoms with Crippen LogP contribution in [0, 0.1) is 5.92 Å². The van der Waals surface area contributed by atoms with E-state index in [1.807, 2.05) is 42.1 Å². The zero-order chi connectivity index (χ0) is 15.7. The maximum Gasteiger partial charge on any atom is 0.273 e. The highest BCUT2D eigenvalue weighted by Gasteiger charge is 2.24. The first-order valence-corrected chi connectivity index (χ1v) is 7.29. The molecule has 0 saturated heterocycles. The number of nitrogens with zero attached hydrogens (tertiary/aromatic N) is 3. The van der Waals surface area contributed by atoms with E-state index in [-0.39, 0.29) is 17.9 Å². The molecule has 1 amide bonds. The summed E-state index contributed by atoms with van der Waals surface area (Å²) in [5.41, 5.74) is 1.26. The molecule has 2 aromatic heterocycles. The Morgan fingerprint density at radius 3 is 2.77 bits per heavy atom. The lowest BCUT2D eigenvalue weighted by molar-refractivity contribution is 0.0919. The normalized spacial score (nSPS) is 12.7. The molecule has 0 radical (unpaired) electrons. The number of hydrogen-bond donors (Lipinski definition) is 2. The molecule has 3 rings (SSSR count). The fraction of sp³-hybridized carbons (Fsp3) is 0.312. The van der Waals surface area contributed by atoms with Crippen molar-refractivity contribution in [3.63, 3.8) is 0 Å². The molecule has 6 nitrogen and oxygen atoms in total. The van der Waals surface area contributed by atoms with E-state index in [0.29, 0.717) is 5.69 Å². The van der Waals surface area contributed by atoms with Crippen molar-refractivity contribution in [2.75, 3.05) is 0 Å². The average molecular weight is 297 g/mol. The van der Waals surface area contributed by atoms with Gasteiger partial charge in [-0.3, -0.25) is 9.89 Å². The predicted molar refractivity (Wildman–Crippen MR) is 84.3 cm³/mol. The lowest BCUT2D eigenvalue weighted by atomic mass is 10.0. The van der Waals surface area contributed by atoms with Crippen molar-refractivity contribution in [1.29, 1.82) is 0 Å². The molecule has 1 aromatic carbocycles. The van der Waals surface area contributed by atoms with Gasteiger partial charge in [-0.1, -0.05) is 32.0 Å². The third-order valence-electron chi connectivity index (χ3n) is 3.78. The van der Waals surface area contributed by atoms with Gasteiger partial charge in [0, 0.05) is 24.8 Å². The zero-order valence-electron chi connectivity index (χ0n) is 12.9. The summed E-state index contributed by atoms with van der Waals surface area (Å²) < 4.78 is 1.92. The average Bonchev–Trinajstić information content (AvgIpc) is 3.10. The molecule has 0 unspecified atom stereocenters. The van der Waals surface area contributed by atoms with Crippen LogP contribution in [0.5, 0.6) is 0 Å². The molecule has 3 aromatic rings. The maximum atomic E-state index is 12.6. The van der Waals surface area contributed by atoms with Crippen LogP contribution in [0.25, 0.3) is 10.9 Å². The van der Waals surface area contributed by atoms with E-state index >= 15 is 0 Å². The first-order valence-electron chi connectivity index (χ1n) is 7.29. The van der Waals surface area contributed by atoms with Crippen molar-refractivity contribution in [2.45, 2.75) is 19.9 Å². The molecular formula is C16H19N5O. The Hall–Kier alpha value is -2.63. The minimum Gasteiger partial charge on any atom is -0.340 e. The van der Waals surface area contributed by atoms with Crippen LogP contribution in [0.3, 0.4) is 0 Å². The highest BCUT2D eigenvalue weighted by Crippen LogP contribution is 2.21. The number of hydrogen-bond acceptors (Lipinski definition) is 3. The summed E-state index contributed by atoms with van der Waals surface area (Å²) in [5, 5.41) is 10.9. The third-order valence-corrected chi connectivity index (χ3v) is 3.78. The van der Waals surface area contributed by atoms with Crippen molar-refractivity contribution in [3.05, 3.63) is 48.2 Å². The number of H-pyrrole nitrogens is 1. The molecule has 0 aliphatic carbocycles. The smallest absolute Gasteiger partial charge is 0.273 e. The van der Waals surface area contributed by atoms with Gasteiger partial charge in [0.05, 0.1) is 11.6 Å². The number of para-hydroxylation sites is 1. The van der Waals surface area contributed by atoms with E-state index in [4.69, 9.17) is 0 Å². The van der Waals surface area contributed by atoms with Gasteiger partial charge in [0.2, 0.25) is 0 Å². The SMILES string of the molecule is CC(C)[C@@H](NC(=O)c1n[nH]c2ccccc12)c1nccn1C. The Morgan fingerprint density at radius 2 is 2.09 bits per heavy atom. The maximum absolute atomic E-state index is 12.6. The molecule has 6 heteroatoms. The molecule has 0 bridgehead atoms. The number of carbonyl (C=O) groups is 1. The molecule has 0 fully saturated rings. The van der Waals surface area contributed by atoms with Gasteiger partial charge in [-0.15, -0.1) is 0 Å². The van der Waals surface area contributed by atoms with Crippen LogP contribution in [0.1, 0.15) is 36.2 Å². The second kappa shape index (κ2) is 5.63. The topological polar surface area (TPSA) is 75.6 Å². The summed E-state index contributed by atoms with van der Waals surface area (Å²) in [6.45, 7) is 4.12. The van der Waals surface area contributed by atoms with Gasteiger partial charge in [-0.05, 0) is 12.0 Å². The number of imidazole rings is 1. The second-order valence-electron chi connectivity index (χ2n) is 5.71. The van der Waals surface area contributed by atoms with Gasteiger partial charge >= 0.3 is 0 Å². The lowest BCUT2D eigenvalue weighted by Gasteiger charge is -2.21. The number of aromatic amines is 1. The fourth-order valence-electron chi connectivity index (χ4n) is 2.55. The number of carbonyl (C=O) groups excluding carboxylic acids is 1. The van der Waals surface area contributed by atoms with Crippen LogP contribution in [-0.4, -0.2) is 25.7 Å². The first-order chi connectivity index (χ1) is 10.6. The van der Waals surface area contributed by atoms with E-state index in [9.17, 15) is 4.79 Å². The molecule has 0 saturated carbocycles. The Balaban J connectivity index is 1.90. The van der Waals surface area contributed by atoms with Gasteiger partial charge in [0.1, 0.15) is 5.82 Å². The molecule has 0 spiro atoms. The molecule has 0 aliphatic heterocycles. The van der Waals surface area contributed by atoms with Crippen LogP contribution in [-0.2, 0) is 7.05 Å². The summed E-state index contributed by atoms with van der Waals surface area (Å²) in [5.74, 6) is 0.859. The minimum atomic E-state index is -0.195. The number of rotatable bonds is 4. The molecule has 114 valence electrons. The number of aromatic nitrogens is 4. The van der Waals surface area contributed by atoms with Gasteiger partial charge in [0.25, 0.3) is 5.91 Å². The highest BCUT2D eigenvalue weighted by atomic mass is 16.2. The summed E-state index contributed by atoms with van der Waals surface area (Å²) in [6, 6.07) is 7.43. The Morgan fingerprint density at radius 1 is 1.32 bits per heavy atom. The number of amides is 1. The quantitative estimate of drug-likeness (QED) is 0.776. The molecule has 2 N–H and O–H groups in total. The van der Waals surface area contributed by atoms with Crippen LogP contribution in [0.4, 0.5) is 0 Å². The van der Waals surface area contributed by atoms with Crippen molar-refractivity contribution in [1.82, 2.24) is 25.1 Å². The summed E-state index contributed by atoms with van der Waals surface area (Å²) in [6.07, 6.45) is 3.61. The van der Waals surface area contributed by atoms with Crippen LogP contribution >= 0.6 is 0 Å². The van der Waals surface area contributed by atoms with Crippen molar-refractivity contribution < 1.29 is 4.79 Å². The van der Waals surface area contributed by atoms with Crippen molar-refractivity contribution >= 4 is 16.8 Å². The van der Waals surface area contributed by atoms with E-state index in [2.05, 4.69) is 34.3 Å². The standard InChI is InChI=1S/C16H19N5O/c1-10(2)13(15-17-8-9-21(15)3)18-16(22)14-11-6-4-5-7-12(11)19-20-14/h4-10,13H,1-3H3,(H,18,22)(H,19,20)/t13-/m1/s1. The fourth-order valence-corrected chi connectivity index (χ4v) is 2.55. The van der Waals surface area contributed by atoms with Gasteiger partial charge in [0.15, 0.2) is 5.69 Å². The molecule has 1 atom stereocenters. The molecule has 0 aliphatic rings. The van der Waals surface area contributed by atoms with Crippen LogP contribution < -0.4 is 5.32 Å². The second-order valence-corrected chi connectivity index (χ2v) is 5.71. The monoisotopic (exact) mass is 297 g/mol. The Labute approximate surface area is 128 Å². The Kier molecular flexibility index (Phi) is 3.66. The Bertz CT molecular complexity index is 802. The highest BCUT2D eigenvalue weighted by molar-refractivity contribution is 6.04. The molecule has 2 heterocycles. The van der Waals surface area contributed by atoms with Crippen molar-refractivity contribution in [3.8, 4) is 0 Å².